The third-order valence-electron chi connectivity index (χ3n) is 4.08. The van der Waals surface area contributed by atoms with Crippen LogP contribution in [0.5, 0.6) is 0 Å². The summed E-state index contributed by atoms with van der Waals surface area (Å²) in [6.07, 6.45) is 0.921. The molecule has 0 aromatic heterocycles. The Labute approximate surface area is 149 Å². The molecule has 25 heavy (non-hydrogen) atoms. The number of carbonyl (C=O) groups is 1. The molecule has 5 nitrogen and oxygen atoms in total. The van der Waals surface area contributed by atoms with E-state index in [4.69, 9.17) is 0 Å². The van der Waals surface area contributed by atoms with Crippen LogP contribution in [0, 0.1) is 0 Å². The van der Waals surface area contributed by atoms with Gasteiger partial charge in [-0.2, -0.15) is 4.31 Å². The molecule has 0 heterocycles. The summed E-state index contributed by atoms with van der Waals surface area (Å²) in [6, 6.07) is 13.7. The Morgan fingerprint density at radius 3 is 1.96 bits per heavy atom. The van der Waals surface area contributed by atoms with Crippen LogP contribution in [0.3, 0.4) is 0 Å². The lowest BCUT2D eigenvalue weighted by Gasteiger charge is -2.18. The first-order chi connectivity index (χ1) is 11.9. The number of nitrogens with zero attached hydrogens (tertiary/aromatic N) is 1. The van der Waals surface area contributed by atoms with Crippen LogP contribution in [0.25, 0.3) is 0 Å². The van der Waals surface area contributed by atoms with Gasteiger partial charge >= 0.3 is 0 Å². The molecule has 134 valence electrons. The highest BCUT2D eigenvalue weighted by Crippen LogP contribution is 2.19. The zero-order valence-corrected chi connectivity index (χ0v) is 15.6. The van der Waals surface area contributed by atoms with Crippen molar-refractivity contribution in [3.8, 4) is 0 Å². The summed E-state index contributed by atoms with van der Waals surface area (Å²) in [4.78, 5) is 12.5. The van der Waals surface area contributed by atoms with Gasteiger partial charge in [-0.3, -0.25) is 4.79 Å². The number of benzene rings is 2. The average molecular weight is 360 g/mol. The van der Waals surface area contributed by atoms with Crippen molar-refractivity contribution in [1.29, 1.82) is 0 Å². The fraction of sp³-hybridized carbons (Fsp3) is 0.316. The van der Waals surface area contributed by atoms with E-state index in [0.717, 1.165) is 6.42 Å². The molecular weight excluding hydrogens is 336 g/mol. The molecule has 0 atom stereocenters. The number of rotatable bonds is 7. The third-order valence-corrected chi connectivity index (χ3v) is 6.14. The Hall–Kier alpha value is -2.18. The van der Waals surface area contributed by atoms with Crippen molar-refractivity contribution < 1.29 is 13.2 Å². The highest BCUT2D eigenvalue weighted by Gasteiger charge is 2.21. The van der Waals surface area contributed by atoms with Crippen LogP contribution in [-0.4, -0.2) is 31.7 Å². The highest BCUT2D eigenvalue weighted by molar-refractivity contribution is 7.89. The van der Waals surface area contributed by atoms with Gasteiger partial charge < -0.3 is 5.32 Å². The predicted molar refractivity (Wildman–Crippen MR) is 100 cm³/mol. The van der Waals surface area contributed by atoms with E-state index in [1.165, 1.54) is 22.0 Å². The van der Waals surface area contributed by atoms with Gasteiger partial charge in [-0.05, 0) is 48.4 Å². The predicted octanol–water partition coefficient (Wildman–Crippen LogP) is 3.53. The van der Waals surface area contributed by atoms with Crippen LogP contribution in [0.1, 0.15) is 36.7 Å². The van der Waals surface area contributed by atoms with Gasteiger partial charge in [0, 0.05) is 24.3 Å². The van der Waals surface area contributed by atoms with Gasteiger partial charge in [-0.1, -0.05) is 32.9 Å². The van der Waals surface area contributed by atoms with Crippen molar-refractivity contribution in [3.63, 3.8) is 0 Å². The number of carbonyl (C=O) groups excluding carboxylic acids is 1. The summed E-state index contributed by atoms with van der Waals surface area (Å²) >= 11 is 0. The number of sulfonamides is 1. The largest absolute Gasteiger partial charge is 0.322 e. The standard InChI is InChI=1S/C19H24N2O3S/c1-4-15-7-9-16(10-8-15)19(22)20-17-11-13-18(14-12-17)25(23,24)21(5-2)6-3/h7-14H,4-6H2,1-3H3,(H,20,22). The number of hydrogen-bond donors (Lipinski definition) is 1. The highest BCUT2D eigenvalue weighted by atomic mass is 32.2. The van der Waals surface area contributed by atoms with Crippen LogP contribution < -0.4 is 5.32 Å². The van der Waals surface area contributed by atoms with Gasteiger partial charge in [0.2, 0.25) is 10.0 Å². The third kappa shape index (κ3) is 4.46. The summed E-state index contributed by atoms with van der Waals surface area (Å²) in [7, 11) is -3.49. The molecule has 1 amide bonds. The molecule has 0 aliphatic heterocycles. The van der Waals surface area contributed by atoms with E-state index >= 15 is 0 Å². The fourth-order valence-electron chi connectivity index (χ4n) is 2.52. The number of hydrogen-bond acceptors (Lipinski definition) is 3. The van der Waals surface area contributed by atoms with Crippen LogP contribution in [-0.2, 0) is 16.4 Å². The minimum Gasteiger partial charge on any atom is -0.322 e. The Morgan fingerprint density at radius 2 is 1.48 bits per heavy atom. The van der Waals surface area contributed by atoms with E-state index in [9.17, 15) is 13.2 Å². The molecule has 0 aliphatic rings. The fourth-order valence-corrected chi connectivity index (χ4v) is 3.98. The summed E-state index contributed by atoms with van der Waals surface area (Å²) in [5.41, 5.74) is 2.29. The molecule has 0 aliphatic carbocycles. The second-order valence-corrected chi connectivity index (χ2v) is 7.56. The minimum atomic E-state index is -3.49. The van der Waals surface area contributed by atoms with E-state index in [1.54, 1.807) is 38.1 Å². The molecule has 2 rings (SSSR count). The topological polar surface area (TPSA) is 66.5 Å². The summed E-state index contributed by atoms with van der Waals surface area (Å²) in [5, 5.41) is 2.78. The lowest BCUT2D eigenvalue weighted by Crippen LogP contribution is -2.30. The van der Waals surface area contributed by atoms with Crippen LogP contribution >= 0.6 is 0 Å². The molecule has 2 aromatic rings. The molecule has 0 spiro atoms. The maximum atomic E-state index is 12.4. The van der Waals surface area contributed by atoms with Crippen molar-refractivity contribution >= 4 is 21.6 Å². The van der Waals surface area contributed by atoms with Crippen molar-refractivity contribution in [3.05, 3.63) is 59.7 Å². The SMILES string of the molecule is CCc1ccc(C(=O)Nc2ccc(S(=O)(=O)N(CC)CC)cc2)cc1. The zero-order valence-electron chi connectivity index (χ0n) is 14.8. The van der Waals surface area contributed by atoms with E-state index in [0.29, 0.717) is 24.3 Å². The monoisotopic (exact) mass is 360 g/mol. The quantitative estimate of drug-likeness (QED) is 0.821. The first kappa shape index (κ1) is 19.1. The maximum absolute atomic E-state index is 12.4. The second kappa shape index (κ2) is 8.27. The normalized spacial score (nSPS) is 11.5. The number of amides is 1. The van der Waals surface area contributed by atoms with E-state index in [1.807, 2.05) is 12.1 Å². The number of nitrogens with one attached hydrogen (secondary N) is 1. The number of aryl methyl sites for hydroxylation is 1. The Morgan fingerprint density at radius 1 is 0.920 bits per heavy atom. The molecular formula is C19H24N2O3S. The van der Waals surface area contributed by atoms with Gasteiger partial charge in [0.1, 0.15) is 0 Å². The van der Waals surface area contributed by atoms with Gasteiger partial charge in [-0.15, -0.1) is 0 Å². The van der Waals surface area contributed by atoms with Crippen molar-refractivity contribution in [2.24, 2.45) is 0 Å². The molecule has 0 saturated carbocycles. The average Bonchev–Trinajstić information content (AvgIpc) is 2.63. The Kier molecular flexibility index (Phi) is 6.33. The summed E-state index contributed by atoms with van der Waals surface area (Å²) < 4.78 is 26.3. The van der Waals surface area contributed by atoms with Crippen LogP contribution in [0.15, 0.2) is 53.4 Å². The van der Waals surface area contributed by atoms with Crippen molar-refractivity contribution in [2.75, 3.05) is 18.4 Å². The van der Waals surface area contributed by atoms with Gasteiger partial charge in [0.15, 0.2) is 0 Å². The van der Waals surface area contributed by atoms with Crippen molar-refractivity contribution in [2.45, 2.75) is 32.1 Å². The molecule has 0 unspecified atom stereocenters. The maximum Gasteiger partial charge on any atom is 0.255 e. The minimum absolute atomic E-state index is 0.220. The first-order valence-electron chi connectivity index (χ1n) is 8.42. The van der Waals surface area contributed by atoms with E-state index < -0.39 is 10.0 Å². The molecule has 0 bridgehead atoms. The first-order valence-corrected chi connectivity index (χ1v) is 9.86. The van der Waals surface area contributed by atoms with Gasteiger partial charge in [0.05, 0.1) is 4.90 Å². The molecule has 1 N–H and O–H groups in total. The lowest BCUT2D eigenvalue weighted by molar-refractivity contribution is 0.102. The zero-order chi connectivity index (χ0) is 18.4. The second-order valence-electron chi connectivity index (χ2n) is 5.62. The smallest absolute Gasteiger partial charge is 0.255 e. The van der Waals surface area contributed by atoms with Gasteiger partial charge in [0.25, 0.3) is 5.91 Å². The molecule has 0 fully saturated rings. The van der Waals surface area contributed by atoms with E-state index in [-0.39, 0.29) is 10.8 Å². The molecule has 2 aromatic carbocycles. The van der Waals surface area contributed by atoms with E-state index in [2.05, 4.69) is 12.2 Å². The Bertz CT molecular complexity index is 809. The Balaban J connectivity index is 2.13. The summed E-state index contributed by atoms with van der Waals surface area (Å²) in [6.45, 7) is 6.51. The van der Waals surface area contributed by atoms with Crippen LogP contribution in [0.4, 0.5) is 5.69 Å². The number of anilines is 1. The molecule has 0 saturated heterocycles. The lowest BCUT2D eigenvalue weighted by atomic mass is 10.1. The molecule has 6 heteroatoms. The molecule has 0 radical (unpaired) electrons. The van der Waals surface area contributed by atoms with Crippen molar-refractivity contribution in [1.82, 2.24) is 4.31 Å². The summed E-state index contributed by atoms with van der Waals surface area (Å²) in [5.74, 6) is -0.220. The van der Waals surface area contributed by atoms with Crippen LogP contribution in [0.2, 0.25) is 0 Å². The van der Waals surface area contributed by atoms with Gasteiger partial charge in [-0.25, -0.2) is 8.42 Å².